The molecule has 1 aromatic carbocycles. The molecule has 0 unspecified atom stereocenters. The van der Waals surface area contributed by atoms with Gasteiger partial charge in [-0.2, -0.15) is 0 Å². The fourth-order valence-electron chi connectivity index (χ4n) is 1.55. The molecular weight excluding hydrogens is 282 g/mol. The van der Waals surface area contributed by atoms with Crippen LogP contribution in [0.15, 0.2) is 34.9 Å². The Bertz CT molecular complexity index is 535. The number of hydrogen-bond acceptors (Lipinski definition) is 3. The normalized spacial score (nSPS) is 10.3. The molecule has 0 saturated heterocycles. The molecule has 3 nitrogen and oxygen atoms in total. The standard InChI is InChI=1S/C13H12BrNO2/c1-8-4-3-5-9(2)13(8)17-11-7-15-12(16)6-10(11)14/h3-7H,1-2H3,(H,15,16). The predicted molar refractivity (Wildman–Crippen MR) is 69.6 cm³/mol. The SMILES string of the molecule is Cc1cccc(C)c1Oc1cnc(O)cc1Br. The van der Waals surface area contributed by atoms with E-state index >= 15 is 0 Å². The molecule has 0 saturated carbocycles. The fraction of sp³-hybridized carbons (Fsp3) is 0.154. The summed E-state index contributed by atoms with van der Waals surface area (Å²) in [4.78, 5) is 3.80. The van der Waals surface area contributed by atoms with E-state index in [4.69, 9.17) is 4.74 Å². The molecule has 1 aromatic heterocycles. The number of rotatable bonds is 2. The quantitative estimate of drug-likeness (QED) is 0.911. The second-order valence-corrected chi connectivity index (χ2v) is 4.65. The van der Waals surface area contributed by atoms with Crippen LogP contribution in [-0.4, -0.2) is 10.1 Å². The first-order valence-corrected chi connectivity index (χ1v) is 5.96. The van der Waals surface area contributed by atoms with Gasteiger partial charge in [-0.15, -0.1) is 0 Å². The van der Waals surface area contributed by atoms with Crippen LogP contribution >= 0.6 is 15.9 Å². The summed E-state index contributed by atoms with van der Waals surface area (Å²) >= 11 is 3.33. The van der Waals surface area contributed by atoms with Gasteiger partial charge >= 0.3 is 0 Å². The molecule has 0 aliphatic rings. The van der Waals surface area contributed by atoms with Gasteiger partial charge in [0.05, 0.1) is 10.7 Å². The molecule has 0 amide bonds. The summed E-state index contributed by atoms with van der Waals surface area (Å²) in [7, 11) is 0. The lowest BCUT2D eigenvalue weighted by atomic mass is 10.1. The van der Waals surface area contributed by atoms with Crippen molar-refractivity contribution in [2.45, 2.75) is 13.8 Å². The zero-order chi connectivity index (χ0) is 12.4. The van der Waals surface area contributed by atoms with E-state index in [1.807, 2.05) is 32.0 Å². The van der Waals surface area contributed by atoms with E-state index < -0.39 is 0 Å². The highest BCUT2D eigenvalue weighted by molar-refractivity contribution is 9.10. The first-order valence-electron chi connectivity index (χ1n) is 5.16. The number of aromatic hydroxyl groups is 1. The van der Waals surface area contributed by atoms with Gasteiger partial charge in [-0.25, -0.2) is 4.98 Å². The maximum atomic E-state index is 9.22. The lowest BCUT2D eigenvalue weighted by Gasteiger charge is -2.12. The first kappa shape index (κ1) is 11.9. The van der Waals surface area contributed by atoms with Crippen LogP contribution in [0.3, 0.4) is 0 Å². The van der Waals surface area contributed by atoms with Gasteiger partial charge in [-0.05, 0) is 40.9 Å². The Morgan fingerprint density at radius 1 is 1.24 bits per heavy atom. The summed E-state index contributed by atoms with van der Waals surface area (Å²) in [5.74, 6) is 1.37. The minimum absolute atomic E-state index is 0.0364. The van der Waals surface area contributed by atoms with Crippen molar-refractivity contribution in [3.63, 3.8) is 0 Å². The van der Waals surface area contributed by atoms with Crippen LogP contribution in [0.5, 0.6) is 17.4 Å². The van der Waals surface area contributed by atoms with Gasteiger partial charge in [0.25, 0.3) is 0 Å². The fourth-order valence-corrected chi connectivity index (χ4v) is 1.94. The van der Waals surface area contributed by atoms with E-state index in [9.17, 15) is 5.11 Å². The van der Waals surface area contributed by atoms with Crippen molar-refractivity contribution in [3.05, 3.63) is 46.1 Å². The highest BCUT2D eigenvalue weighted by Gasteiger charge is 2.08. The van der Waals surface area contributed by atoms with Crippen LogP contribution in [-0.2, 0) is 0 Å². The molecule has 0 aliphatic heterocycles. The van der Waals surface area contributed by atoms with Gasteiger partial charge in [0.1, 0.15) is 5.75 Å². The molecule has 0 fully saturated rings. The van der Waals surface area contributed by atoms with Crippen molar-refractivity contribution < 1.29 is 9.84 Å². The minimum atomic E-state index is -0.0364. The molecule has 1 N–H and O–H groups in total. The lowest BCUT2D eigenvalue weighted by molar-refractivity contribution is 0.439. The molecule has 2 aromatic rings. The van der Waals surface area contributed by atoms with Crippen molar-refractivity contribution in [2.24, 2.45) is 0 Å². The van der Waals surface area contributed by atoms with Crippen LogP contribution in [0, 0.1) is 13.8 Å². The molecule has 0 bridgehead atoms. The Balaban J connectivity index is 2.38. The Kier molecular flexibility index (Phi) is 3.33. The van der Waals surface area contributed by atoms with Crippen LogP contribution in [0.4, 0.5) is 0 Å². The van der Waals surface area contributed by atoms with Crippen LogP contribution in [0.2, 0.25) is 0 Å². The van der Waals surface area contributed by atoms with Crippen molar-refractivity contribution in [1.82, 2.24) is 4.98 Å². The molecule has 0 aliphatic carbocycles. The smallest absolute Gasteiger partial charge is 0.212 e. The highest BCUT2D eigenvalue weighted by atomic mass is 79.9. The molecule has 2 rings (SSSR count). The second kappa shape index (κ2) is 4.75. The van der Waals surface area contributed by atoms with Gasteiger partial charge in [-0.1, -0.05) is 18.2 Å². The van der Waals surface area contributed by atoms with Gasteiger partial charge in [0.15, 0.2) is 5.75 Å². The van der Waals surface area contributed by atoms with E-state index in [1.54, 1.807) is 0 Å². The third-order valence-corrected chi connectivity index (χ3v) is 3.05. The Morgan fingerprint density at radius 3 is 2.47 bits per heavy atom. The van der Waals surface area contributed by atoms with Gasteiger partial charge in [0, 0.05) is 6.07 Å². The third kappa shape index (κ3) is 2.58. The van der Waals surface area contributed by atoms with Crippen LogP contribution in [0.25, 0.3) is 0 Å². The molecule has 0 radical (unpaired) electrons. The number of para-hydroxylation sites is 1. The monoisotopic (exact) mass is 293 g/mol. The minimum Gasteiger partial charge on any atom is -0.493 e. The Morgan fingerprint density at radius 2 is 1.88 bits per heavy atom. The van der Waals surface area contributed by atoms with Crippen molar-refractivity contribution in [3.8, 4) is 17.4 Å². The van der Waals surface area contributed by atoms with Gasteiger partial charge in [0.2, 0.25) is 5.88 Å². The summed E-state index contributed by atoms with van der Waals surface area (Å²) in [5.41, 5.74) is 2.12. The number of aromatic nitrogens is 1. The maximum absolute atomic E-state index is 9.22. The zero-order valence-electron chi connectivity index (χ0n) is 9.57. The molecule has 17 heavy (non-hydrogen) atoms. The zero-order valence-corrected chi connectivity index (χ0v) is 11.2. The number of hydrogen-bond donors (Lipinski definition) is 1. The van der Waals surface area contributed by atoms with Crippen molar-refractivity contribution in [1.29, 1.82) is 0 Å². The second-order valence-electron chi connectivity index (χ2n) is 3.80. The lowest BCUT2D eigenvalue weighted by Crippen LogP contribution is -1.92. The predicted octanol–water partition coefficient (Wildman–Crippen LogP) is 3.96. The van der Waals surface area contributed by atoms with Crippen molar-refractivity contribution in [2.75, 3.05) is 0 Å². The van der Waals surface area contributed by atoms with E-state index in [0.29, 0.717) is 10.2 Å². The molecular formula is C13H12BrNO2. The summed E-state index contributed by atoms with van der Waals surface area (Å²) in [6, 6.07) is 7.47. The number of halogens is 1. The number of nitrogens with zero attached hydrogens (tertiary/aromatic N) is 1. The third-order valence-electron chi connectivity index (χ3n) is 2.43. The Hall–Kier alpha value is -1.55. The molecule has 88 valence electrons. The molecule has 4 heteroatoms. The number of benzene rings is 1. The van der Waals surface area contributed by atoms with Gasteiger partial charge < -0.3 is 9.84 Å². The molecule has 0 atom stereocenters. The number of pyridine rings is 1. The molecule has 0 spiro atoms. The number of ether oxygens (including phenoxy) is 1. The van der Waals surface area contributed by atoms with E-state index in [-0.39, 0.29) is 5.88 Å². The first-order chi connectivity index (χ1) is 8.08. The summed E-state index contributed by atoms with van der Waals surface area (Å²) < 4.78 is 6.48. The van der Waals surface area contributed by atoms with E-state index in [2.05, 4.69) is 20.9 Å². The summed E-state index contributed by atoms with van der Waals surface area (Å²) in [6.45, 7) is 3.98. The largest absolute Gasteiger partial charge is 0.493 e. The van der Waals surface area contributed by atoms with Gasteiger partial charge in [-0.3, -0.25) is 0 Å². The average molecular weight is 294 g/mol. The maximum Gasteiger partial charge on any atom is 0.212 e. The number of aryl methyl sites for hydroxylation is 2. The highest BCUT2D eigenvalue weighted by Crippen LogP contribution is 2.33. The van der Waals surface area contributed by atoms with Crippen LogP contribution < -0.4 is 4.74 Å². The average Bonchev–Trinajstić information content (AvgIpc) is 2.26. The van der Waals surface area contributed by atoms with Crippen LogP contribution in [0.1, 0.15) is 11.1 Å². The van der Waals surface area contributed by atoms with Crippen molar-refractivity contribution >= 4 is 15.9 Å². The van der Waals surface area contributed by atoms with E-state index in [0.717, 1.165) is 16.9 Å². The topological polar surface area (TPSA) is 42.4 Å². The Labute approximate surface area is 108 Å². The summed E-state index contributed by atoms with van der Waals surface area (Å²) in [5, 5.41) is 9.22. The molecule has 1 heterocycles. The van der Waals surface area contributed by atoms with E-state index in [1.165, 1.54) is 12.3 Å². The summed E-state index contributed by atoms with van der Waals surface area (Å²) in [6.07, 6.45) is 1.49.